The monoisotopic (exact) mass is 271 g/mol. The van der Waals surface area contributed by atoms with Gasteiger partial charge in [0.15, 0.2) is 0 Å². The van der Waals surface area contributed by atoms with Crippen LogP contribution in [0.1, 0.15) is 70.6 Å². The van der Waals surface area contributed by atoms with Gasteiger partial charge in [0.1, 0.15) is 0 Å². The molecule has 1 rings (SSSR count). The maximum atomic E-state index is 9.35. The summed E-state index contributed by atoms with van der Waals surface area (Å²) < 4.78 is 5.15. The number of nitrogens with one attached hydrogen (secondary N) is 1. The summed E-state index contributed by atoms with van der Waals surface area (Å²) in [5.41, 5.74) is 0. The van der Waals surface area contributed by atoms with Gasteiger partial charge in [0.25, 0.3) is 0 Å². The number of hydrogen-bond donors (Lipinski definition) is 2. The van der Waals surface area contributed by atoms with Crippen LogP contribution in [0.4, 0.5) is 0 Å². The molecule has 114 valence electrons. The number of hydrogen-bond acceptors (Lipinski definition) is 3. The van der Waals surface area contributed by atoms with Gasteiger partial charge in [-0.1, -0.05) is 57.8 Å². The molecule has 0 amide bonds. The lowest BCUT2D eigenvalue weighted by Gasteiger charge is -2.24. The highest BCUT2D eigenvalue weighted by Crippen LogP contribution is 2.17. The lowest BCUT2D eigenvalue weighted by molar-refractivity contribution is 0.119. The van der Waals surface area contributed by atoms with E-state index in [1.807, 2.05) is 0 Å². The van der Waals surface area contributed by atoms with E-state index in [0.29, 0.717) is 12.6 Å². The van der Waals surface area contributed by atoms with E-state index in [1.165, 1.54) is 70.6 Å². The molecule has 3 nitrogen and oxygen atoms in total. The van der Waals surface area contributed by atoms with Crippen molar-refractivity contribution in [2.45, 2.75) is 82.7 Å². The Morgan fingerprint density at radius 2 is 1.42 bits per heavy atom. The van der Waals surface area contributed by atoms with E-state index < -0.39 is 0 Å². The fraction of sp³-hybridized carbons (Fsp3) is 1.00. The van der Waals surface area contributed by atoms with Crippen LogP contribution < -0.4 is 5.32 Å². The molecule has 1 fully saturated rings. The average molecular weight is 271 g/mol. The van der Waals surface area contributed by atoms with Gasteiger partial charge in [0, 0.05) is 13.2 Å². The van der Waals surface area contributed by atoms with Gasteiger partial charge in [-0.3, -0.25) is 0 Å². The maximum absolute atomic E-state index is 9.35. The molecule has 19 heavy (non-hydrogen) atoms. The highest BCUT2D eigenvalue weighted by Gasteiger charge is 2.14. The largest absolute Gasteiger partial charge is 0.395 e. The molecule has 1 unspecified atom stereocenters. The minimum Gasteiger partial charge on any atom is -0.395 e. The fourth-order valence-corrected chi connectivity index (χ4v) is 3.02. The molecule has 1 atom stereocenters. The molecule has 0 bridgehead atoms. The van der Waals surface area contributed by atoms with Crippen LogP contribution in [0.2, 0.25) is 0 Å². The quantitative estimate of drug-likeness (QED) is 0.806. The summed E-state index contributed by atoms with van der Waals surface area (Å²) in [7, 11) is 1.70. The van der Waals surface area contributed by atoms with E-state index in [0.717, 1.165) is 0 Å². The Bertz CT molecular complexity index is 187. The summed E-state index contributed by atoms with van der Waals surface area (Å²) >= 11 is 0. The van der Waals surface area contributed by atoms with Crippen LogP contribution in [0.25, 0.3) is 0 Å². The van der Waals surface area contributed by atoms with E-state index >= 15 is 0 Å². The summed E-state index contributed by atoms with van der Waals surface area (Å²) in [4.78, 5) is 0. The van der Waals surface area contributed by atoms with E-state index in [4.69, 9.17) is 4.74 Å². The first-order valence-corrected chi connectivity index (χ1v) is 8.22. The van der Waals surface area contributed by atoms with Crippen LogP contribution in [0.15, 0.2) is 0 Å². The van der Waals surface area contributed by atoms with Gasteiger partial charge < -0.3 is 15.2 Å². The van der Waals surface area contributed by atoms with Gasteiger partial charge in [0.2, 0.25) is 0 Å². The van der Waals surface area contributed by atoms with E-state index in [-0.39, 0.29) is 12.6 Å². The minimum atomic E-state index is 0.0999. The second kappa shape index (κ2) is 11.7. The number of methoxy groups -OCH3 is 1. The average Bonchev–Trinajstić information content (AvgIpc) is 2.41. The highest BCUT2D eigenvalue weighted by molar-refractivity contribution is 4.74. The predicted octanol–water partition coefficient (Wildman–Crippen LogP) is 3.26. The Morgan fingerprint density at radius 1 is 0.947 bits per heavy atom. The summed E-state index contributed by atoms with van der Waals surface area (Å²) in [6, 6.07) is 0.662. The van der Waals surface area contributed by atoms with Crippen molar-refractivity contribution in [3.8, 4) is 0 Å². The van der Waals surface area contributed by atoms with E-state index in [9.17, 15) is 5.11 Å². The van der Waals surface area contributed by atoms with Crippen LogP contribution in [-0.4, -0.2) is 37.5 Å². The summed E-state index contributed by atoms with van der Waals surface area (Å²) in [5, 5.41) is 12.9. The molecule has 0 radical (unpaired) electrons. The first-order chi connectivity index (χ1) is 9.36. The third-order valence-electron chi connectivity index (χ3n) is 4.16. The van der Waals surface area contributed by atoms with Gasteiger partial charge >= 0.3 is 0 Å². The Labute approximate surface area is 119 Å². The molecule has 0 aliphatic heterocycles. The van der Waals surface area contributed by atoms with Crippen molar-refractivity contribution in [2.24, 2.45) is 0 Å². The Hall–Kier alpha value is -0.120. The summed E-state index contributed by atoms with van der Waals surface area (Å²) in [6.45, 7) is 0.775. The van der Waals surface area contributed by atoms with Crippen molar-refractivity contribution in [3.05, 3.63) is 0 Å². The molecular formula is C16H33NO2. The topological polar surface area (TPSA) is 41.5 Å². The third-order valence-corrected chi connectivity index (χ3v) is 4.16. The van der Waals surface area contributed by atoms with Crippen LogP contribution >= 0.6 is 0 Å². The van der Waals surface area contributed by atoms with E-state index in [2.05, 4.69) is 5.32 Å². The molecule has 0 aromatic heterocycles. The van der Waals surface area contributed by atoms with Crippen molar-refractivity contribution >= 4 is 0 Å². The molecule has 0 aromatic rings. The molecule has 1 saturated carbocycles. The number of aliphatic hydroxyl groups excluding tert-OH is 1. The van der Waals surface area contributed by atoms with Crippen molar-refractivity contribution in [2.75, 3.05) is 20.3 Å². The number of aliphatic hydroxyl groups is 1. The summed E-state index contributed by atoms with van der Waals surface area (Å²) in [6.07, 6.45) is 14.9. The maximum Gasteiger partial charge on any atom is 0.0638 e. The second-order valence-corrected chi connectivity index (χ2v) is 5.96. The van der Waals surface area contributed by atoms with Gasteiger partial charge in [-0.15, -0.1) is 0 Å². The predicted molar refractivity (Wildman–Crippen MR) is 80.5 cm³/mol. The zero-order chi connectivity index (χ0) is 13.8. The standard InChI is InChI=1S/C16H33NO2/c1-19-14-16(13-18)17-15-11-9-7-5-3-2-4-6-8-10-12-15/h15-18H,2-14H2,1H3. The molecule has 3 heteroatoms. The Balaban J connectivity index is 2.32. The van der Waals surface area contributed by atoms with Crippen molar-refractivity contribution < 1.29 is 9.84 Å². The SMILES string of the molecule is COCC(CO)NC1CCCCCCCCCCC1. The minimum absolute atomic E-state index is 0.0999. The summed E-state index contributed by atoms with van der Waals surface area (Å²) in [5.74, 6) is 0. The van der Waals surface area contributed by atoms with Crippen molar-refractivity contribution in [1.29, 1.82) is 0 Å². The second-order valence-electron chi connectivity index (χ2n) is 5.96. The first-order valence-electron chi connectivity index (χ1n) is 8.22. The van der Waals surface area contributed by atoms with Crippen molar-refractivity contribution in [3.63, 3.8) is 0 Å². The highest BCUT2D eigenvalue weighted by atomic mass is 16.5. The Morgan fingerprint density at radius 3 is 1.84 bits per heavy atom. The molecule has 0 aromatic carbocycles. The lowest BCUT2D eigenvalue weighted by Crippen LogP contribution is -2.43. The van der Waals surface area contributed by atoms with Gasteiger partial charge in [-0.05, 0) is 12.8 Å². The normalized spacial score (nSPS) is 22.4. The molecule has 0 saturated heterocycles. The Kier molecular flexibility index (Phi) is 10.4. The molecule has 0 heterocycles. The van der Waals surface area contributed by atoms with Crippen LogP contribution in [0.3, 0.4) is 0 Å². The third kappa shape index (κ3) is 8.61. The van der Waals surface area contributed by atoms with Gasteiger partial charge in [-0.25, -0.2) is 0 Å². The lowest BCUT2D eigenvalue weighted by atomic mass is 9.97. The fourth-order valence-electron chi connectivity index (χ4n) is 3.02. The molecule has 2 N–H and O–H groups in total. The van der Waals surface area contributed by atoms with Crippen LogP contribution in [0.5, 0.6) is 0 Å². The van der Waals surface area contributed by atoms with Crippen molar-refractivity contribution in [1.82, 2.24) is 5.32 Å². The van der Waals surface area contributed by atoms with Crippen LogP contribution in [0, 0.1) is 0 Å². The molecule has 0 spiro atoms. The number of rotatable bonds is 5. The van der Waals surface area contributed by atoms with Crippen LogP contribution in [-0.2, 0) is 4.74 Å². The van der Waals surface area contributed by atoms with Gasteiger partial charge in [0.05, 0.1) is 19.3 Å². The molecule has 1 aliphatic carbocycles. The zero-order valence-corrected chi connectivity index (χ0v) is 12.7. The molecule has 1 aliphatic rings. The smallest absolute Gasteiger partial charge is 0.0638 e. The van der Waals surface area contributed by atoms with E-state index in [1.54, 1.807) is 7.11 Å². The van der Waals surface area contributed by atoms with Gasteiger partial charge in [-0.2, -0.15) is 0 Å². The number of ether oxygens (including phenoxy) is 1. The first kappa shape index (κ1) is 16.9. The zero-order valence-electron chi connectivity index (χ0n) is 12.7. The molecular weight excluding hydrogens is 238 g/mol.